The van der Waals surface area contributed by atoms with Gasteiger partial charge in [0.25, 0.3) is 5.69 Å². The average molecular weight is 292 g/mol. The van der Waals surface area contributed by atoms with Crippen molar-refractivity contribution in [1.29, 1.82) is 0 Å². The number of nitrogens with zero attached hydrogens (tertiary/aromatic N) is 1. The van der Waals surface area contributed by atoms with Gasteiger partial charge in [0, 0.05) is 17.1 Å². The summed E-state index contributed by atoms with van der Waals surface area (Å²) >= 11 is 4.42. The van der Waals surface area contributed by atoms with Crippen molar-refractivity contribution in [3.63, 3.8) is 0 Å². The van der Waals surface area contributed by atoms with Gasteiger partial charge in [-0.25, -0.2) is 0 Å². The molecule has 0 spiro atoms. The predicted molar refractivity (Wildman–Crippen MR) is 63.6 cm³/mol. The molecule has 1 unspecified atom stereocenters. The molecule has 0 radical (unpaired) electrons. The highest BCUT2D eigenvalue weighted by atomic mass is 79.9. The summed E-state index contributed by atoms with van der Waals surface area (Å²) in [6.07, 6.45) is -0.491. The zero-order valence-corrected chi connectivity index (χ0v) is 10.2. The molecule has 4 nitrogen and oxygen atoms in total. The molecule has 1 aromatic rings. The van der Waals surface area contributed by atoms with Crippen molar-refractivity contribution in [2.75, 3.05) is 11.1 Å². The number of hydrogen-bond acceptors (Lipinski definition) is 4. The van der Waals surface area contributed by atoms with Gasteiger partial charge in [0.2, 0.25) is 0 Å². The number of hydrogen-bond donors (Lipinski definition) is 1. The van der Waals surface area contributed by atoms with Gasteiger partial charge in [-0.3, -0.25) is 10.1 Å². The number of thioether (sulfide) groups is 1. The first-order valence-corrected chi connectivity index (χ1v) is 6.36. The fourth-order valence-corrected chi connectivity index (χ4v) is 2.45. The maximum absolute atomic E-state index is 10.7. The Morgan fingerprint density at radius 3 is 2.80 bits per heavy atom. The molecule has 1 rings (SSSR count). The van der Waals surface area contributed by atoms with Gasteiger partial charge in [-0.1, -0.05) is 28.1 Å². The van der Waals surface area contributed by atoms with E-state index in [2.05, 4.69) is 15.9 Å². The summed E-state index contributed by atoms with van der Waals surface area (Å²) < 4.78 is 0. The van der Waals surface area contributed by atoms with E-state index in [0.717, 1.165) is 0 Å². The molecule has 0 amide bonds. The van der Waals surface area contributed by atoms with Gasteiger partial charge < -0.3 is 5.11 Å². The minimum Gasteiger partial charge on any atom is -0.391 e. The third-order valence-electron chi connectivity index (χ3n) is 1.67. The summed E-state index contributed by atoms with van der Waals surface area (Å²) in [5, 5.41) is 20.4. The van der Waals surface area contributed by atoms with E-state index in [9.17, 15) is 15.2 Å². The number of aliphatic hydroxyl groups excluding tert-OH is 1. The second-order valence-corrected chi connectivity index (χ2v) is 4.55. The quantitative estimate of drug-likeness (QED) is 0.392. The molecule has 0 aliphatic rings. The number of halogens is 1. The van der Waals surface area contributed by atoms with Crippen molar-refractivity contribution in [3.05, 3.63) is 34.4 Å². The van der Waals surface area contributed by atoms with Gasteiger partial charge >= 0.3 is 0 Å². The molecular formula is C9H10BrNO3S. The van der Waals surface area contributed by atoms with Crippen molar-refractivity contribution in [2.24, 2.45) is 0 Å². The van der Waals surface area contributed by atoms with E-state index in [1.807, 2.05) is 0 Å². The Balaban J connectivity index is 2.72. The summed E-state index contributed by atoms with van der Waals surface area (Å²) in [6, 6.07) is 6.52. The number of alkyl halides is 1. The molecular weight excluding hydrogens is 282 g/mol. The number of nitro groups is 1. The van der Waals surface area contributed by atoms with Gasteiger partial charge in [-0.2, -0.15) is 0 Å². The highest BCUT2D eigenvalue weighted by Gasteiger charge is 2.13. The summed E-state index contributed by atoms with van der Waals surface area (Å²) in [4.78, 5) is 10.8. The average Bonchev–Trinajstić information content (AvgIpc) is 2.26. The van der Waals surface area contributed by atoms with Crippen LogP contribution in [-0.2, 0) is 0 Å². The molecule has 0 bridgehead atoms. The fourth-order valence-electron chi connectivity index (χ4n) is 0.961. The SMILES string of the molecule is O=[N+]([O-])c1ccccc1SCC(O)CBr. The molecule has 1 atom stereocenters. The van der Waals surface area contributed by atoms with Gasteiger partial charge in [-0.15, -0.1) is 11.8 Å². The molecule has 0 fully saturated rings. The molecule has 0 aliphatic carbocycles. The van der Waals surface area contributed by atoms with Gasteiger partial charge in [0.1, 0.15) is 0 Å². The monoisotopic (exact) mass is 291 g/mol. The molecule has 82 valence electrons. The first kappa shape index (κ1) is 12.5. The Kier molecular flexibility index (Phi) is 5.07. The Labute approximate surface area is 100.0 Å². The standard InChI is InChI=1S/C9H10BrNO3S/c10-5-7(12)6-15-9-4-2-1-3-8(9)11(13)14/h1-4,7,12H,5-6H2. The Morgan fingerprint density at radius 1 is 1.53 bits per heavy atom. The Hall–Kier alpha value is -0.590. The molecule has 1 N–H and O–H groups in total. The van der Waals surface area contributed by atoms with Gasteiger partial charge in [0.05, 0.1) is 15.9 Å². The first-order chi connectivity index (χ1) is 7.15. The molecule has 0 saturated carbocycles. The molecule has 0 aliphatic heterocycles. The van der Waals surface area contributed by atoms with Crippen LogP contribution in [0.2, 0.25) is 0 Å². The third kappa shape index (κ3) is 3.81. The van der Waals surface area contributed by atoms with Crippen molar-refractivity contribution < 1.29 is 10.0 Å². The summed E-state index contributed by atoms with van der Waals surface area (Å²) in [7, 11) is 0. The van der Waals surface area contributed by atoms with Crippen LogP contribution in [0.1, 0.15) is 0 Å². The van der Waals surface area contributed by atoms with Crippen LogP contribution in [0.15, 0.2) is 29.2 Å². The lowest BCUT2D eigenvalue weighted by molar-refractivity contribution is -0.387. The number of benzene rings is 1. The van der Waals surface area contributed by atoms with E-state index in [0.29, 0.717) is 16.0 Å². The Bertz CT molecular complexity index is 348. The molecule has 0 saturated heterocycles. The first-order valence-electron chi connectivity index (χ1n) is 4.25. The van der Waals surface area contributed by atoms with Crippen LogP contribution in [0.3, 0.4) is 0 Å². The van der Waals surface area contributed by atoms with E-state index in [1.165, 1.54) is 17.8 Å². The van der Waals surface area contributed by atoms with Gasteiger partial charge in [-0.05, 0) is 6.07 Å². The van der Waals surface area contributed by atoms with Crippen molar-refractivity contribution in [2.45, 2.75) is 11.0 Å². The maximum Gasteiger partial charge on any atom is 0.282 e. The number of para-hydroxylation sites is 1. The van der Waals surface area contributed by atoms with Crippen LogP contribution in [0, 0.1) is 10.1 Å². The van der Waals surface area contributed by atoms with Crippen molar-refractivity contribution >= 4 is 33.4 Å². The minimum atomic E-state index is -0.491. The summed E-state index contributed by atoms with van der Waals surface area (Å²) in [5.74, 6) is 0.441. The van der Waals surface area contributed by atoms with Crippen LogP contribution < -0.4 is 0 Å². The van der Waals surface area contributed by atoms with Gasteiger partial charge in [0.15, 0.2) is 0 Å². The second kappa shape index (κ2) is 6.09. The van der Waals surface area contributed by atoms with E-state index < -0.39 is 11.0 Å². The van der Waals surface area contributed by atoms with Crippen LogP contribution in [0.5, 0.6) is 0 Å². The largest absolute Gasteiger partial charge is 0.391 e. The third-order valence-corrected chi connectivity index (χ3v) is 3.63. The van der Waals surface area contributed by atoms with Crippen LogP contribution >= 0.6 is 27.7 Å². The molecule has 15 heavy (non-hydrogen) atoms. The number of nitro benzene ring substituents is 1. The number of aliphatic hydroxyl groups is 1. The highest BCUT2D eigenvalue weighted by Crippen LogP contribution is 2.29. The summed E-state index contributed by atoms with van der Waals surface area (Å²) in [5.41, 5.74) is 0.0873. The highest BCUT2D eigenvalue weighted by molar-refractivity contribution is 9.09. The van der Waals surface area contributed by atoms with E-state index in [4.69, 9.17) is 0 Å². The van der Waals surface area contributed by atoms with Crippen molar-refractivity contribution in [3.8, 4) is 0 Å². The molecule has 0 heterocycles. The molecule has 6 heteroatoms. The lowest BCUT2D eigenvalue weighted by atomic mass is 10.3. The Morgan fingerprint density at radius 2 is 2.20 bits per heavy atom. The van der Waals surface area contributed by atoms with E-state index in [-0.39, 0.29) is 5.69 Å². The number of rotatable bonds is 5. The zero-order valence-electron chi connectivity index (χ0n) is 7.80. The topological polar surface area (TPSA) is 63.4 Å². The van der Waals surface area contributed by atoms with Crippen LogP contribution in [0.4, 0.5) is 5.69 Å². The van der Waals surface area contributed by atoms with E-state index in [1.54, 1.807) is 18.2 Å². The van der Waals surface area contributed by atoms with Crippen molar-refractivity contribution in [1.82, 2.24) is 0 Å². The lowest BCUT2D eigenvalue weighted by Gasteiger charge is -2.06. The van der Waals surface area contributed by atoms with Crippen LogP contribution in [0.25, 0.3) is 0 Å². The van der Waals surface area contributed by atoms with E-state index >= 15 is 0 Å². The summed E-state index contributed by atoms with van der Waals surface area (Å²) in [6.45, 7) is 0. The van der Waals surface area contributed by atoms with Crippen LogP contribution in [-0.4, -0.2) is 27.2 Å². The normalized spacial score (nSPS) is 12.4. The lowest BCUT2D eigenvalue weighted by Crippen LogP contribution is -2.10. The minimum absolute atomic E-state index is 0.0873. The predicted octanol–water partition coefficient (Wildman–Crippen LogP) is 2.44. The molecule has 0 aromatic heterocycles. The molecule has 1 aromatic carbocycles. The second-order valence-electron chi connectivity index (χ2n) is 2.84. The maximum atomic E-state index is 10.7. The zero-order chi connectivity index (χ0) is 11.3. The fraction of sp³-hybridized carbons (Fsp3) is 0.333. The smallest absolute Gasteiger partial charge is 0.282 e.